The molecule has 8 nitrogen and oxygen atoms in total. The lowest BCUT2D eigenvalue weighted by Crippen LogP contribution is -2.37. The average molecular weight is 431 g/mol. The molecule has 32 heavy (non-hydrogen) atoms. The van der Waals surface area contributed by atoms with Gasteiger partial charge in [0.05, 0.1) is 31.5 Å². The summed E-state index contributed by atoms with van der Waals surface area (Å²) < 4.78 is 6.70. The molecule has 0 aliphatic carbocycles. The molecule has 0 fully saturated rings. The number of carbonyl (C=O) groups excluding carboxylic acids is 1. The molecular weight excluding hydrogens is 404 g/mol. The number of rotatable bonds is 5. The van der Waals surface area contributed by atoms with Crippen LogP contribution in [0.5, 0.6) is 0 Å². The molecule has 1 atom stereocenters. The Kier molecular flexibility index (Phi) is 5.28. The highest BCUT2D eigenvalue weighted by atomic mass is 16.5. The van der Waals surface area contributed by atoms with Gasteiger partial charge in [-0.25, -0.2) is 0 Å². The molecular formula is C24H26N6O2. The van der Waals surface area contributed by atoms with E-state index in [1.807, 2.05) is 54.6 Å². The van der Waals surface area contributed by atoms with Crippen LogP contribution in [-0.4, -0.2) is 34.4 Å². The Labute approximate surface area is 186 Å². The second kappa shape index (κ2) is 8.39. The van der Waals surface area contributed by atoms with Gasteiger partial charge in [0.15, 0.2) is 0 Å². The predicted octanol–water partition coefficient (Wildman–Crippen LogP) is 2.98. The van der Waals surface area contributed by atoms with Crippen LogP contribution in [0, 0.1) is 0 Å². The van der Waals surface area contributed by atoms with Crippen molar-refractivity contribution in [3.63, 3.8) is 0 Å². The summed E-state index contributed by atoms with van der Waals surface area (Å²) in [6, 6.07) is 14.5. The van der Waals surface area contributed by atoms with E-state index >= 15 is 0 Å². The van der Waals surface area contributed by atoms with E-state index in [0.29, 0.717) is 0 Å². The fraction of sp³-hybridized carbons (Fsp3) is 0.250. The molecule has 3 heterocycles. The standard InChI is InChI=1S/C24H26N6O2/c1-29-15-18(13-26-29)16-7-8-19-20(11-16)22(9-10-30-23(19)14-25-28-30)27-21-6-4-3-5-17(21)12-24(31)32-2/h3-8,11,13-15,22,25,27-28H,9-10,12H2,1-2H3. The van der Waals surface area contributed by atoms with Crippen LogP contribution in [0.3, 0.4) is 0 Å². The maximum atomic E-state index is 11.9. The first kappa shape index (κ1) is 20.1. The lowest BCUT2D eigenvalue weighted by atomic mass is 9.93. The van der Waals surface area contributed by atoms with Crippen LogP contribution in [-0.2, 0) is 23.0 Å². The average Bonchev–Trinajstić information content (AvgIpc) is 3.43. The van der Waals surface area contributed by atoms with Gasteiger partial charge in [-0.3, -0.25) is 14.5 Å². The molecule has 3 aromatic rings. The van der Waals surface area contributed by atoms with E-state index in [9.17, 15) is 4.79 Å². The van der Waals surface area contributed by atoms with E-state index < -0.39 is 0 Å². The van der Waals surface area contributed by atoms with Gasteiger partial charge in [-0.15, -0.1) is 5.53 Å². The van der Waals surface area contributed by atoms with Crippen molar-refractivity contribution in [2.45, 2.75) is 18.9 Å². The summed E-state index contributed by atoms with van der Waals surface area (Å²) >= 11 is 0. The number of aromatic nitrogens is 2. The van der Waals surface area contributed by atoms with E-state index in [2.05, 4.69) is 44.6 Å². The third-order valence-electron chi connectivity index (χ3n) is 5.99. The number of anilines is 1. The fourth-order valence-corrected chi connectivity index (χ4v) is 4.34. The van der Waals surface area contributed by atoms with Gasteiger partial charge in [-0.2, -0.15) is 5.10 Å². The van der Waals surface area contributed by atoms with E-state index in [0.717, 1.165) is 46.6 Å². The number of nitrogens with one attached hydrogen (secondary N) is 3. The van der Waals surface area contributed by atoms with Crippen molar-refractivity contribution >= 4 is 17.4 Å². The minimum absolute atomic E-state index is 0.0636. The monoisotopic (exact) mass is 430 g/mol. The number of benzene rings is 2. The summed E-state index contributed by atoms with van der Waals surface area (Å²) in [6.45, 7) is 0.826. The molecule has 3 N–H and O–H groups in total. The van der Waals surface area contributed by atoms with Gasteiger partial charge in [0.2, 0.25) is 0 Å². The molecule has 1 aromatic heterocycles. The lowest BCUT2D eigenvalue weighted by Gasteiger charge is -2.23. The van der Waals surface area contributed by atoms with Gasteiger partial charge in [0.1, 0.15) is 0 Å². The molecule has 8 heteroatoms. The Balaban J connectivity index is 1.55. The Bertz CT molecular complexity index is 1180. The highest BCUT2D eigenvalue weighted by Gasteiger charge is 2.28. The van der Waals surface area contributed by atoms with Gasteiger partial charge in [0, 0.05) is 42.8 Å². The molecule has 0 amide bonds. The van der Waals surface area contributed by atoms with Crippen molar-refractivity contribution in [2.24, 2.45) is 7.05 Å². The highest BCUT2D eigenvalue weighted by molar-refractivity contribution is 5.76. The summed E-state index contributed by atoms with van der Waals surface area (Å²) in [5, 5.41) is 10.2. The summed E-state index contributed by atoms with van der Waals surface area (Å²) in [4.78, 5) is 11.9. The van der Waals surface area contributed by atoms with Gasteiger partial charge >= 0.3 is 5.97 Å². The van der Waals surface area contributed by atoms with E-state index in [1.54, 1.807) is 0 Å². The number of nitrogens with zero attached hydrogens (tertiary/aromatic N) is 3. The quantitative estimate of drug-likeness (QED) is 0.537. The van der Waals surface area contributed by atoms with Crippen LogP contribution in [0.1, 0.15) is 29.2 Å². The van der Waals surface area contributed by atoms with Crippen LogP contribution < -0.4 is 16.3 Å². The van der Waals surface area contributed by atoms with Crippen molar-refractivity contribution in [2.75, 3.05) is 19.0 Å². The first-order valence-electron chi connectivity index (χ1n) is 10.7. The maximum Gasteiger partial charge on any atom is 0.310 e. The Morgan fingerprint density at radius 1 is 1.25 bits per heavy atom. The van der Waals surface area contributed by atoms with Crippen LogP contribution in [0.4, 0.5) is 5.69 Å². The second-order valence-corrected chi connectivity index (χ2v) is 8.04. The Morgan fingerprint density at radius 2 is 2.12 bits per heavy atom. The van der Waals surface area contributed by atoms with Crippen molar-refractivity contribution in [3.05, 3.63) is 77.7 Å². The number of hydrazine groups is 2. The molecule has 0 saturated carbocycles. The number of para-hydroxylation sites is 1. The zero-order valence-corrected chi connectivity index (χ0v) is 18.1. The van der Waals surface area contributed by atoms with Gasteiger partial charge < -0.3 is 15.5 Å². The van der Waals surface area contributed by atoms with E-state index in [1.165, 1.54) is 12.7 Å². The van der Waals surface area contributed by atoms with Crippen LogP contribution in [0.25, 0.3) is 16.8 Å². The van der Waals surface area contributed by atoms with Crippen molar-refractivity contribution in [1.29, 1.82) is 0 Å². The van der Waals surface area contributed by atoms with Gasteiger partial charge in [-0.05, 0) is 35.2 Å². The van der Waals surface area contributed by atoms with Crippen LogP contribution in [0.2, 0.25) is 0 Å². The van der Waals surface area contributed by atoms with E-state index in [4.69, 9.17) is 4.74 Å². The highest BCUT2D eigenvalue weighted by Crippen LogP contribution is 2.38. The second-order valence-electron chi connectivity index (χ2n) is 8.04. The minimum Gasteiger partial charge on any atom is -0.469 e. The van der Waals surface area contributed by atoms with Crippen LogP contribution >= 0.6 is 0 Å². The molecule has 0 saturated heterocycles. The zero-order chi connectivity index (χ0) is 22.1. The van der Waals surface area contributed by atoms with Crippen molar-refractivity contribution < 1.29 is 9.53 Å². The predicted molar refractivity (Wildman–Crippen MR) is 123 cm³/mol. The molecule has 164 valence electrons. The molecule has 2 aliphatic heterocycles. The Hall–Kier alpha value is -3.78. The number of carbonyl (C=O) groups is 1. The number of aryl methyl sites for hydroxylation is 1. The molecule has 5 rings (SSSR count). The number of hydrogen-bond donors (Lipinski definition) is 3. The number of ether oxygens (including phenoxy) is 1. The largest absolute Gasteiger partial charge is 0.469 e. The Morgan fingerprint density at radius 3 is 2.94 bits per heavy atom. The smallest absolute Gasteiger partial charge is 0.310 e. The van der Waals surface area contributed by atoms with Crippen molar-refractivity contribution in [1.82, 2.24) is 25.7 Å². The third kappa shape index (κ3) is 3.80. The van der Waals surface area contributed by atoms with E-state index in [-0.39, 0.29) is 18.4 Å². The maximum absolute atomic E-state index is 11.9. The minimum atomic E-state index is -0.250. The van der Waals surface area contributed by atoms with Crippen molar-refractivity contribution in [3.8, 4) is 11.1 Å². The summed E-state index contributed by atoms with van der Waals surface area (Å²) in [5.74, 6) is -0.250. The fourth-order valence-electron chi connectivity index (χ4n) is 4.34. The summed E-state index contributed by atoms with van der Waals surface area (Å²) in [6.07, 6.45) is 7.02. The van der Waals surface area contributed by atoms with Gasteiger partial charge in [-0.1, -0.05) is 30.3 Å². The SMILES string of the molecule is COC(=O)Cc1ccccc1NC1CCN2NNC=C2c2ccc(-c3cnn(C)c3)cc21. The third-order valence-corrected chi connectivity index (χ3v) is 5.99. The first-order chi connectivity index (χ1) is 15.6. The van der Waals surface area contributed by atoms with Gasteiger partial charge in [0.25, 0.3) is 0 Å². The summed E-state index contributed by atoms with van der Waals surface area (Å²) in [7, 11) is 3.34. The zero-order valence-electron chi connectivity index (χ0n) is 18.1. The topological polar surface area (TPSA) is 83.4 Å². The molecule has 0 bridgehead atoms. The molecule has 1 unspecified atom stereocenters. The summed E-state index contributed by atoms with van der Waals surface area (Å²) in [5.41, 5.74) is 13.9. The number of fused-ring (bicyclic) bond motifs is 3. The number of esters is 1. The molecule has 2 aromatic carbocycles. The molecule has 0 radical (unpaired) electrons. The normalized spacial score (nSPS) is 17.0. The lowest BCUT2D eigenvalue weighted by molar-refractivity contribution is -0.139. The molecule has 0 spiro atoms. The number of methoxy groups -OCH3 is 1. The molecule has 2 aliphatic rings. The van der Waals surface area contributed by atoms with Crippen LogP contribution in [0.15, 0.2) is 61.1 Å². The first-order valence-corrected chi connectivity index (χ1v) is 10.7. The number of hydrogen-bond acceptors (Lipinski definition) is 7.